The fourth-order valence-corrected chi connectivity index (χ4v) is 3.35. The Labute approximate surface area is 145 Å². The molecule has 3 aromatic rings. The van der Waals surface area contributed by atoms with Crippen molar-refractivity contribution >= 4 is 22.9 Å². The maximum Gasteiger partial charge on any atom is 0.227 e. The van der Waals surface area contributed by atoms with Crippen molar-refractivity contribution in [3.63, 3.8) is 0 Å². The molecule has 1 amide bonds. The van der Waals surface area contributed by atoms with E-state index in [2.05, 4.69) is 25.7 Å². The zero-order valence-corrected chi connectivity index (χ0v) is 13.8. The van der Waals surface area contributed by atoms with Gasteiger partial charge in [0.15, 0.2) is 0 Å². The smallest absolute Gasteiger partial charge is 0.227 e. The third-order valence-corrected chi connectivity index (χ3v) is 4.70. The van der Waals surface area contributed by atoms with Gasteiger partial charge in [-0.15, -0.1) is 0 Å². The third-order valence-electron chi connectivity index (χ3n) is 4.70. The highest BCUT2D eigenvalue weighted by atomic mass is 16.1. The number of nitrogens with one attached hydrogen (secondary N) is 2. The van der Waals surface area contributed by atoms with Crippen LogP contribution in [0.1, 0.15) is 25.7 Å². The summed E-state index contributed by atoms with van der Waals surface area (Å²) in [6, 6.07) is 6.15. The largest absolute Gasteiger partial charge is 0.366 e. The molecule has 0 saturated heterocycles. The summed E-state index contributed by atoms with van der Waals surface area (Å²) in [6.07, 6.45) is 12.3. The molecular weight excluding hydrogens is 316 g/mol. The Balaban J connectivity index is 1.33. The highest BCUT2D eigenvalue weighted by molar-refractivity contribution is 5.96. The first kappa shape index (κ1) is 15.6. The maximum atomic E-state index is 12.6. The van der Waals surface area contributed by atoms with E-state index >= 15 is 0 Å². The van der Waals surface area contributed by atoms with Crippen LogP contribution in [0.2, 0.25) is 0 Å². The number of anilines is 2. The average molecular weight is 336 g/mol. The second-order valence-electron chi connectivity index (χ2n) is 6.36. The zero-order valence-electron chi connectivity index (χ0n) is 13.8. The van der Waals surface area contributed by atoms with E-state index in [1.165, 1.54) is 0 Å². The average Bonchev–Trinajstić information content (AvgIpc) is 3.06. The molecule has 1 fully saturated rings. The lowest BCUT2D eigenvalue weighted by Crippen LogP contribution is -2.32. The minimum atomic E-state index is 0.0403. The van der Waals surface area contributed by atoms with Crippen molar-refractivity contribution in [3.05, 3.63) is 49.2 Å². The Kier molecular flexibility index (Phi) is 4.28. The molecule has 3 aromatic heterocycles. The Bertz CT molecular complexity index is 854. The number of pyridine rings is 1. The molecular formula is C18H20N6O. The summed E-state index contributed by atoms with van der Waals surface area (Å²) in [5.41, 5.74) is 1.68. The van der Waals surface area contributed by atoms with Crippen LogP contribution in [-0.2, 0) is 4.79 Å². The van der Waals surface area contributed by atoms with Crippen LogP contribution in [0.5, 0.6) is 0 Å². The van der Waals surface area contributed by atoms with E-state index < -0.39 is 0 Å². The number of amides is 1. The van der Waals surface area contributed by atoms with Crippen LogP contribution in [0.15, 0.2) is 49.2 Å². The molecule has 0 unspecified atom stereocenters. The van der Waals surface area contributed by atoms with Gasteiger partial charge in [0.25, 0.3) is 0 Å². The number of hydrogen-bond donors (Lipinski definition) is 2. The van der Waals surface area contributed by atoms with Crippen LogP contribution in [0.3, 0.4) is 0 Å². The maximum absolute atomic E-state index is 12.6. The summed E-state index contributed by atoms with van der Waals surface area (Å²) in [4.78, 5) is 20.9. The first-order valence-corrected chi connectivity index (χ1v) is 8.55. The summed E-state index contributed by atoms with van der Waals surface area (Å²) >= 11 is 0. The minimum absolute atomic E-state index is 0.0403. The summed E-state index contributed by atoms with van der Waals surface area (Å²) in [5, 5.41) is 10.7. The highest BCUT2D eigenvalue weighted by Gasteiger charge is 2.27. The van der Waals surface area contributed by atoms with E-state index in [1.807, 2.05) is 24.4 Å². The van der Waals surface area contributed by atoms with Gasteiger partial charge in [0.1, 0.15) is 5.82 Å². The van der Waals surface area contributed by atoms with Crippen LogP contribution in [0.4, 0.5) is 11.5 Å². The Hall–Kier alpha value is -2.96. The first-order chi connectivity index (χ1) is 12.3. The van der Waals surface area contributed by atoms with Crippen molar-refractivity contribution in [2.75, 3.05) is 10.6 Å². The molecule has 7 heteroatoms. The molecule has 0 spiro atoms. The van der Waals surface area contributed by atoms with Crippen molar-refractivity contribution in [3.8, 4) is 0 Å². The second-order valence-corrected chi connectivity index (χ2v) is 6.36. The van der Waals surface area contributed by atoms with Crippen LogP contribution >= 0.6 is 0 Å². The van der Waals surface area contributed by atoms with Gasteiger partial charge in [0.2, 0.25) is 5.91 Å². The molecule has 7 nitrogen and oxygen atoms in total. The quantitative estimate of drug-likeness (QED) is 0.765. The van der Waals surface area contributed by atoms with Gasteiger partial charge < -0.3 is 10.6 Å². The van der Waals surface area contributed by atoms with E-state index in [-0.39, 0.29) is 11.8 Å². The van der Waals surface area contributed by atoms with Crippen LogP contribution in [-0.4, -0.2) is 31.5 Å². The highest BCUT2D eigenvalue weighted by Crippen LogP contribution is 2.28. The molecule has 0 bridgehead atoms. The lowest BCUT2D eigenvalue weighted by Gasteiger charge is -2.28. The van der Waals surface area contributed by atoms with Gasteiger partial charge in [-0.1, -0.05) is 6.07 Å². The van der Waals surface area contributed by atoms with E-state index in [9.17, 15) is 4.79 Å². The number of nitrogens with zero attached hydrogens (tertiary/aromatic N) is 4. The van der Waals surface area contributed by atoms with Crippen molar-refractivity contribution in [1.82, 2.24) is 19.6 Å². The van der Waals surface area contributed by atoms with E-state index in [0.717, 1.165) is 42.7 Å². The number of carbonyl (C=O) groups is 1. The molecule has 4 rings (SSSR count). The van der Waals surface area contributed by atoms with Gasteiger partial charge in [0.05, 0.1) is 23.6 Å². The van der Waals surface area contributed by atoms with Crippen LogP contribution in [0.25, 0.3) is 5.52 Å². The normalized spacial score (nSPS) is 20.3. The summed E-state index contributed by atoms with van der Waals surface area (Å²) in [6.45, 7) is 0. The standard InChI is InChI=1S/C18H20N6O/c25-18(23-15-11-21-24-10-2-1-3-16(15)24)13-4-6-14(7-5-13)22-17-12-19-8-9-20-17/h1-3,8-14H,4-7H2,(H,20,22)(H,23,25). The fourth-order valence-electron chi connectivity index (χ4n) is 3.35. The molecule has 0 atom stereocenters. The number of carbonyl (C=O) groups excluding carboxylic acids is 1. The van der Waals surface area contributed by atoms with Gasteiger partial charge in [-0.2, -0.15) is 5.10 Å². The Morgan fingerprint density at radius 1 is 1.12 bits per heavy atom. The molecule has 128 valence electrons. The van der Waals surface area contributed by atoms with Crippen molar-refractivity contribution in [2.45, 2.75) is 31.7 Å². The zero-order chi connectivity index (χ0) is 17.1. The van der Waals surface area contributed by atoms with Crippen molar-refractivity contribution < 1.29 is 4.79 Å². The van der Waals surface area contributed by atoms with Gasteiger partial charge in [-0.3, -0.25) is 9.78 Å². The van der Waals surface area contributed by atoms with E-state index in [1.54, 1.807) is 29.3 Å². The summed E-state index contributed by atoms with van der Waals surface area (Å²) in [5.74, 6) is 0.914. The molecule has 1 saturated carbocycles. The van der Waals surface area contributed by atoms with E-state index in [4.69, 9.17) is 0 Å². The Morgan fingerprint density at radius 2 is 2.00 bits per heavy atom. The number of fused-ring (bicyclic) bond motifs is 1. The molecule has 1 aliphatic carbocycles. The van der Waals surface area contributed by atoms with Gasteiger partial charge in [-0.05, 0) is 37.8 Å². The molecule has 0 radical (unpaired) electrons. The predicted octanol–water partition coefficient (Wildman–Crippen LogP) is 2.73. The molecule has 3 heterocycles. The topological polar surface area (TPSA) is 84.2 Å². The number of aromatic nitrogens is 4. The first-order valence-electron chi connectivity index (χ1n) is 8.55. The number of rotatable bonds is 4. The number of hydrogen-bond acceptors (Lipinski definition) is 5. The van der Waals surface area contributed by atoms with Gasteiger partial charge >= 0.3 is 0 Å². The van der Waals surface area contributed by atoms with Gasteiger partial charge in [-0.25, -0.2) is 9.50 Å². The molecule has 25 heavy (non-hydrogen) atoms. The van der Waals surface area contributed by atoms with Crippen molar-refractivity contribution in [2.24, 2.45) is 5.92 Å². The molecule has 2 N–H and O–H groups in total. The summed E-state index contributed by atoms with van der Waals surface area (Å²) in [7, 11) is 0. The van der Waals surface area contributed by atoms with Crippen molar-refractivity contribution in [1.29, 1.82) is 0 Å². The molecule has 0 aromatic carbocycles. The monoisotopic (exact) mass is 336 g/mol. The summed E-state index contributed by atoms with van der Waals surface area (Å²) < 4.78 is 1.76. The van der Waals surface area contributed by atoms with Gasteiger partial charge in [0, 0.05) is 30.6 Å². The van der Waals surface area contributed by atoms with Crippen LogP contribution < -0.4 is 10.6 Å². The minimum Gasteiger partial charge on any atom is -0.366 e. The molecule has 1 aliphatic rings. The Morgan fingerprint density at radius 3 is 2.80 bits per heavy atom. The predicted molar refractivity (Wildman–Crippen MR) is 95.2 cm³/mol. The molecule has 0 aliphatic heterocycles. The van der Waals surface area contributed by atoms with Crippen LogP contribution in [0, 0.1) is 5.92 Å². The second kappa shape index (κ2) is 6.88. The lowest BCUT2D eigenvalue weighted by atomic mass is 9.85. The van der Waals surface area contributed by atoms with E-state index in [0.29, 0.717) is 6.04 Å². The lowest BCUT2D eigenvalue weighted by molar-refractivity contribution is -0.120. The fraction of sp³-hybridized carbons (Fsp3) is 0.333. The third kappa shape index (κ3) is 3.45. The SMILES string of the molecule is O=C(Nc1cnn2ccccc12)C1CCC(Nc2cnccn2)CC1.